The minimum absolute atomic E-state index is 0.113. The van der Waals surface area contributed by atoms with Gasteiger partial charge in [-0.25, -0.2) is 0 Å². The molecule has 0 aromatic rings. The summed E-state index contributed by atoms with van der Waals surface area (Å²) in [4.78, 5) is 16.9. The second-order valence-corrected chi connectivity index (χ2v) is 5.68. The molecule has 2 atom stereocenters. The number of carbonyl (C=O) groups is 1. The highest BCUT2D eigenvalue weighted by Gasteiger charge is 2.32. The number of rotatable bonds is 5. The molecule has 0 aromatic carbocycles. The molecule has 0 radical (unpaired) electrons. The molecule has 2 aliphatic rings. The van der Waals surface area contributed by atoms with Crippen LogP contribution in [0, 0.1) is 5.92 Å². The van der Waals surface area contributed by atoms with Crippen LogP contribution in [0.1, 0.15) is 33.1 Å². The van der Waals surface area contributed by atoms with Gasteiger partial charge in [-0.15, -0.1) is 0 Å². The molecule has 1 amide bonds. The van der Waals surface area contributed by atoms with E-state index in [4.69, 9.17) is 0 Å². The van der Waals surface area contributed by atoms with Crippen molar-refractivity contribution in [2.24, 2.45) is 5.92 Å². The molecule has 0 spiro atoms. The SMILES string of the molecule is CCNCC(C)C(=O)N1CCC(N2CCCC2)C1. The highest BCUT2D eigenvalue weighted by atomic mass is 16.2. The maximum absolute atomic E-state index is 12.3. The average Bonchev–Trinajstić information content (AvgIpc) is 3.04. The Balaban J connectivity index is 1.78. The first-order chi connectivity index (χ1) is 8.72. The summed E-state index contributed by atoms with van der Waals surface area (Å²) in [5, 5.41) is 3.26. The molecule has 2 fully saturated rings. The molecular formula is C14H27N3O. The number of nitrogens with one attached hydrogen (secondary N) is 1. The molecule has 4 nitrogen and oxygen atoms in total. The van der Waals surface area contributed by atoms with Crippen LogP contribution in [0.25, 0.3) is 0 Å². The van der Waals surface area contributed by atoms with Crippen molar-refractivity contribution in [2.45, 2.75) is 39.2 Å². The third-order valence-corrected chi connectivity index (χ3v) is 4.25. The van der Waals surface area contributed by atoms with E-state index in [0.29, 0.717) is 11.9 Å². The fraction of sp³-hybridized carbons (Fsp3) is 0.929. The van der Waals surface area contributed by atoms with E-state index in [9.17, 15) is 4.79 Å². The van der Waals surface area contributed by atoms with Crippen LogP contribution in [0.4, 0.5) is 0 Å². The Bertz CT molecular complexity index is 276. The first-order valence-electron chi connectivity index (χ1n) is 7.46. The van der Waals surface area contributed by atoms with Crippen LogP contribution in [0.15, 0.2) is 0 Å². The molecule has 104 valence electrons. The van der Waals surface area contributed by atoms with Crippen molar-refractivity contribution in [3.8, 4) is 0 Å². The van der Waals surface area contributed by atoms with Gasteiger partial charge in [0.1, 0.15) is 0 Å². The van der Waals surface area contributed by atoms with Crippen LogP contribution in [0.2, 0.25) is 0 Å². The third-order valence-electron chi connectivity index (χ3n) is 4.25. The summed E-state index contributed by atoms with van der Waals surface area (Å²) < 4.78 is 0. The number of amides is 1. The highest BCUT2D eigenvalue weighted by molar-refractivity contribution is 5.79. The smallest absolute Gasteiger partial charge is 0.226 e. The number of hydrogen-bond acceptors (Lipinski definition) is 3. The molecular weight excluding hydrogens is 226 g/mol. The summed E-state index contributed by atoms with van der Waals surface area (Å²) in [6.07, 6.45) is 3.84. The second-order valence-electron chi connectivity index (χ2n) is 5.68. The summed E-state index contributed by atoms with van der Waals surface area (Å²) in [6, 6.07) is 0.628. The summed E-state index contributed by atoms with van der Waals surface area (Å²) in [6.45, 7) is 10.2. The van der Waals surface area contributed by atoms with E-state index in [0.717, 1.165) is 26.2 Å². The zero-order valence-corrected chi connectivity index (χ0v) is 11.8. The van der Waals surface area contributed by atoms with Crippen molar-refractivity contribution in [1.29, 1.82) is 0 Å². The number of hydrogen-bond donors (Lipinski definition) is 1. The lowest BCUT2D eigenvalue weighted by Crippen LogP contribution is -2.40. The minimum atomic E-state index is 0.113. The van der Waals surface area contributed by atoms with Crippen molar-refractivity contribution < 1.29 is 4.79 Å². The van der Waals surface area contributed by atoms with E-state index in [1.54, 1.807) is 0 Å². The lowest BCUT2D eigenvalue weighted by atomic mass is 10.1. The molecule has 0 aliphatic carbocycles. The monoisotopic (exact) mass is 253 g/mol. The van der Waals surface area contributed by atoms with Gasteiger partial charge in [0.05, 0.1) is 0 Å². The molecule has 0 aromatic heterocycles. The van der Waals surface area contributed by atoms with Gasteiger partial charge in [-0.3, -0.25) is 9.69 Å². The van der Waals surface area contributed by atoms with Gasteiger partial charge in [0.25, 0.3) is 0 Å². The first-order valence-corrected chi connectivity index (χ1v) is 7.46. The summed E-state index contributed by atoms with van der Waals surface area (Å²) in [5.74, 6) is 0.444. The van der Waals surface area contributed by atoms with Crippen LogP contribution in [-0.4, -0.2) is 61.0 Å². The normalized spacial score (nSPS) is 26.8. The lowest BCUT2D eigenvalue weighted by molar-refractivity contribution is -0.133. The van der Waals surface area contributed by atoms with Gasteiger partial charge in [0.2, 0.25) is 5.91 Å². The molecule has 4 heteroatoms. The van der Waals surface area contributed by atoms with Gasteiger partial charge in [0.15, 0.2) is 0 Å². The van der Waals surface area contributed by atoms with Crippen molar-refractivity contribution in [2.75, 3.05) is 39.3 Å². The summed E-state index contributed by atoms with van der Waals surface area (Å²) in [5.41, 5.74) is 0. The fourth-order valence-corrected chi connectivity index (χ4v) is 3.11. The summed E-state index contributed by atoms with van der Waals surface area (Å²) >= 11 is 0. The van der Waals surface area contributed by atoms with Gasteiger partial charge >= 0.3 is 0 Å². The molecule has 2 unspecified atom stereocenters. The van der Waals surface area contributed by atoms with Crippen LogP contribution in [0.5, 0.6) is 0 Å². The van der Waals surface area contributed by atoms with Gasteiger partial charge in [-0.05, 0) is 38.9 Å². The van der Waals surface area contributed by atoms with Gasteiger partial charge in [-0.1, -0.05) is 13.8 Å². The molecule has 2 heterocycles. The van der Waals surface area contributed by atoms with Crippen LogP contribution in [-0.2, 0) is 4.79 Å². The molecule has 0 bridgehead atoms. The topological polar surface area (TPSA) is 35.6 Å². The number of nitrogens with zero attached hydrogens (tertiary/aromatic N) is 2. The fourth-order valence-electron chi connectivity index (χ4n) is 3.11. The van der Waals surface area contributed by atoms with Crippen molar-refractivity contribution in [3.05, 3.63) is 0 Å². The van der Waals surface area contributed by atoms with E-state index < -0.39 is 0 Å². The van der Waals surface area contributed by atoms with Crippen LogP contribution >= 0.6 is 0 Å². The van der Waals surface area contributed by atoms with Crippen molar-refractivity contribution in [3.63, 3.8) is 0 Å². The van der Waals surface area contributed by atoms with E-state index >= 15 is 0 Å². The molecule has 1 N–H and O–H groups in total. The first kappa shape index (κ1) is 13.8. The van der Waals surface area contributed by atoms with Crippen LogP contribution < -0.4 is 5.32 Å². The average molecular weight is 253 g/mol. The Kier molecular flexibility index (Phi) is 5.01. The van der Waals surface area contributed by atoms with Crippen molar-refractivity contribution in [1.82, 2.24) is 15.1 Å². The Labute approximate surface area is 111 Å². The largest absolute Gasteiger partial charge is 0.341 e. The molecule has 18 heavy (non-hydrogen) atoms. The van der Waals surface area contributed by atoms with E-state index in [1.807, 2.05) is 6.92 Å². The zero-order chi connectivity index (χ0) is 13.0. The predicted octanol–water partition coefficient (Wildman–Crippen LogP) is 0.929. The van der Waals surface area contributed by atoms with Crippen LogP contribution in [0.3, 0.4) is 0 Å². The molecule has 2 saturated heterocycles. The molecule has 2 aliphatic heterocycles. The minimum Gasteiger partial charge on any atom is -0.341 e. The van der Waals surface area contributed by atoms with E-state index in [1.165, 1.54) is 32.4 Å². The zero-order valence-electron chi connectivity index (χ0n) is 11.8. The Morgan fingerprint density at radius 3 is 2.72 bits per heavy atom. The maximum atomic E-state index is 12.3. The second kappa shape index (κ2) is 6.53. The quantitative estimate of drug-likeness (QED) is 0.792. The standard InChI is InChI=1S/C14H27N3O/c1-3-15-10-12(2)14(18)17-9-6-13(11-17)16-7-4-5-8-16/h12-13,15H,3-11H2,1-2H3. The van der Waals surface area contributed by atoms with E-state index in [2.05, 4.69) is 22.0 Å². The highest BCUT2D eigenvalue weighted by Crippen LogP contribution is 2.21. The van der Waals surface area contributed by atoms with Gasteiger partial charge in [-0.2, -0.15) is 0 Å². The Hall–Kier alpha value is -0.610. The Morgan fingerprint density at radius 2 is 2.06 bits per heavy atom. The molecule has 2 rings (SSSR count). The van der Waals surface area contributed by atoms with E-state index in [-0.39, 0.29) is 5.92 Å². The van der Waals surface area contributed by atoms with Crippen molar-refractivity contribution >= 4 is 5.91 Å². The Morgan fingerprint density at radius 1 is 1.33 bits per heavy atom. The van der Waals surface area contributed by atoms with Gasteiger partial charge in [0, 0.05) is 31.6 Å². The molecule has 0 saturated carbocycles. The maximum Gasteiger partial charge on any atom is 0.226 e. The van der Waals surface area contributed by atoms with Gasteiger partial charge < -0.3 is 10.2 Å². The summed E-state index contributed by atoms with van der Waals surface area (Å²) in [7, 11) is 0. The number of likely N-dealkylation sites (tertiary alicyclic amines) is 2. The third kappa shape index (κ3) is 3.23. The lowest BCUT2D eigenvalue weighted by Gasteiger charge is -2.25. The number of carbonyl (C=O) groups excluding carboxylic acids is 1. The predicted molar refractivity (Wildman–Crippen MR) is 73.5 cm³/mol.